The quantitative estimate of drug-likeness (QED) is 0.865. The minimum absolute atomic E-state index is 0.114. The number of benzene rings is 1. The Balaban J connectivity index is 1.82. The Hall–Kier alpha value is -2.36. The van der Waals surface area contributed by atoms with Gasteiger partial charge in [0.15, 0.2) is 0 Å². The Bertz CT molecular complexity index is 637. The fraction of sp³-hybridized carbons (Fsp3) is 0.200. The van der Waals surface area contributed by atoms with Gasteiger partial charge in [-0.25, -0.2) is 0 Å². The molecule has 1 aliphatic heterocycles. The highest BCUT2D eigenvalue weighted by Crippen LogP contribution is 2.25. The van der Waals surface area contributed by atoms with Crippen LogP contribution >= 0.6 is 0 Å². The number of rotatable bonds is 2. The highest BCUT2D eigenvalue weighted by molar-refractivity contribution is 6.05. The zero-order valence-corrected chi connectivity index (χ0v) is 10.7. The first-order valence-corrected chi connectivity index (χ1v) is 6.34. The second kappa shape index (κ2) is 4.72. The summed E-state index contributed by atoms with van der Waals surface area (Å²) in [5, 5.41) is 6.22. The van der Waals surface area contributed by atoms with Gasteiger partial charge in [0, 0.05) is 29.8 Å². The maximum Gasteiger partial charge on any atom is 0.257 e. The number of aromatic nitrogens is 1. The van der Waals surface area contributed by atoms with Gasteiger partial charge in [0.25, 0.3) is 5.91 Å². The minimum Gasteiger partial charge on any atom is -0.384 e. The monoisotopic (exact) mass is 253 g/mol. The molecule has 2 aromatic rings. The van der Waals surface area contributed by atoms with Crippen LogP contribution in [-0.4, -0.2) is 17.4 Å². The van der Waals surface area contributed by atoms with Gasteiger partial charge in [-0.05, 0) is 49.2 Å². The van der Waals surface area contributed by atoms with Crippen molar-refractivity contribution < 1.29 is 4.79 Å². The molecule has 1 aliphatic rings. The van der Waals surface area contributed by atoms with Crippen LogP contribution in [0.3, 0.4) is 0 Å². The van der Waals surface area contributed by atoms with E-state index in [1.165, 1.54) is 5.56 Å². The number of aryl methyl sites for hydroxylation is 1. The summed E-state index contributed by atoms with van der Waals surface area (Å²) in [5.74, 6) is -0.114. The first kappa shape index (κ1) is 11.7. The molecule has 0 unspecified atom stereocenters. The number of anilines is 2. The summed E-state index contributed by atoms with van der Waals surface area (Å²) in [6, 6.07) is 9.51. The predicted molar refractivity (Wildman–Crippen MR) is 75.6 cm³/mol. The van der Waals surface area contributed by atoms with Gasteiger partial charge in [0.1, 0.15) is 0 Å². The van der Waals surface area contributed by atoms with Crippen LogP contribution < -0.4 is 10.6 Å². The fourth-order valence-corrected chi connectivity index (χ4v) is 2.31. The molecular weight excluding hydrogens is 238 g/mol. The van der Waals surface area contributed by atoms with Gasteiger partial charge in [-0.1, -0.05) is 0 Å². The van der Waals surface area contributed by atoms with E-state index in [1.807, 2.05) is 25.1 Å². The predicted octanol–water partition coefficient (Wildman–Crippen LogP) is 2.61. The molecular formula is C15H15N3O. The summed E-state index contributed by atoms with van der Waals surface area (Å²) in [5.41, 5.74) is 4.59. The van der Waals surface area contributed by atoms with Crippen molar-refractivity contribution in [3.63, 3.8) is 0 Å². The van der Waals surface area contributed by atoms with Crippen LogP contribution in [-0.2, 0) is 6.42 Å². The molecule has 0 spiro atoms. The third-order valence-corrected chi connectivity index (χ3v) is 3.32. The molecule has 4 heteroatoms. The number of hydrogen-bond donors (Lipinski definition) is 2. The maximum atomic E-state index is 12.2. The smallest absolute Gasteiger partial charge is 0.257 e. The molecule has 0 saturated heterocycles. The van der Waals surface area contributed by atoms with E-state index in [0.29, 0.717) is 5.56 Å². The normalized spacial score (nSPS) is 12.7. The lowest BCUT2D eigenvalue weighted by atomic mass is 10.1. The van der Waals surface area contributed by atoms with Gasteiger partial charge in [-0.15, -0.1) is 0 Å². The van der Waals surface area contributed by atoms with Crippen molar-refractivity contribution >= 4 is 17.3 Å². The van der Waals surface area contributed by atoms with Gasteiger partial charge < -0.3 is 10.6 Å². The van der Waals surface area contributed by atoms with Crippen LogP contribution in [0.15, 0.2) is 36.5 Å². The number of hydrogen-bond acceptors (Lipinski definition) is 3. The third kappa shape index (κ3) is 2.29. The van der Waals surface area contributed by atoms with E-state index in [0.717, 1.165) is 30.0 Å². The zero-order chi connectivity index (χ0) is 13.2. The van der Waals surface area contributed by atoms with Crippen molar-refractivity contribution in [2.24, 2.45) is 0 Å². The van der Waals surface area contributed by atoms with E-state index in [9.17, 15) is 4.79 Å². The van der Waals surface area contributed by atoms with Crippen molar-refractivity contribution in [1.82, 2.24) is 4.98 Å². The first-order chi connectivity index (χ1) is 9.24. The minimum atomic E-state index is -0.114. The Morgan fingerprint density at radius 2 is 2.26 bits per heavy atom. The first-order valence-electron chi connectivity index (χ1n) is 6.34. The molecule has 0 radical (unpaired) electrons. The lowest BCUT2D eigenvalue weighted by Crippen LogP contribution is -2.14. The van der Waals surface area contributed by atoms with E-state index < -0.39 is 0 Å². The molecule has 0 saturated carbocycles. The molecule has 0 fully saturated rings. The number of fused-ring (bicyclic) bond motifs is 1. The lowest BCUT2D eigenvalue weighted by molar-refractivity contribution is 0.102. The molecule has 1 amide bonds. The average molecular weight is 253 g/mol. The highest BCUT2D eigenvalue weighted by Gasteiger charge is 2.13. The summed E-state index contributed by atoms with van der Waals surface area (Å²) in [6.07, 6.45) is 2.69. The number of amides is 1. The second-order valence-corrected chi connectivity index (χ2v) is 4.64. The molecule has 19 heavy (non-hydrogen) atoms. The van der Waals surface area contributed by atoms with Crippen molar-refractivity contribution in [2.45, 2.75) is 13.3 Å². The Kier molecular flexibility index (Phi) is 2.91. The van der Waals surface area contributed by atoms with Gasteiger partial charge in [0.2, 0.25) is 0 Å². The number of nitrogens with one attached hydrogen (secondary N) is 2. The molecule has 1 aromatic heterocycles. The van der Waals surface area contributed by atoms with Gasteiger partial charge in [-0.2, -0.15) is 0 Å². The zero-order valence-electron chi connectivity index (χ0n) is 10.7. The van der Waals surface area contributed by atoms with Crippen LogP contribution in [0, 0.1) is 6.92 Å². The molecule has 0 atom stereocenters. The lowest BCUT2D eigenvalue weighted by Gasteiger charge is -2.08. The van der Waals surface area contributed by atoms with Crippen LogP contribution in [0.25, 0.3) is 0 Å². The SMILES string of the molecule is Cc1ncccc1C(=O)Nc1ccc2c(c1)CCN2. The van der Waals surface area contributed by atoms with E-state index in [1.54, 1.807) is 18.3 Å². The van der Waals surface area contributed by atoms with E-state index in [4.69, 9.17) is 0 Å². The molecule has 0 aliphatic carbocycles. The topological polar surface area (TPSA) is 54.0 Å². The number of carbonyl (C=O) groups excluding carboxylic acids is 1. The Labute approximate surface area is 111 Å². The Morgan fingerprint density at radius 1 is 1.37 bits per heavy atom. The van der Waals surface area contributed by atoms with Crippen LogP contribution in [0.1, 0.15) is 21.6 Å². The van der Waals surface area contributed by atoms with E-state index >= 15 is 0 Å². The molecule has 0 bridgehead atoms. The van der Waals surface area contributed by atoms with Crippen molar-refractivity contribution in [2.75, 3.05) is 17.2 Å². The molecule has 1 aromatic carbocycles. The number of pyridine rings is 1. The standard InChI is InChI=1S/C15H15N3O/c1-10-13(3-2-7-16-10)15(19)18-12-4-5-14-11(9-12)6-8-17-14/h2-5,7,9,17H,6,8H2,1H3,(H,18,19). The highest BCUT2D eigenvalue weighted by atomic mass is 16.1. The summed E-state index contributed by atoms with van der Waals surface area (Å²) in [4.78, 5) is 16.3. The summed E-state index contributed by atoms with van der Waals surface area (Å²) in [6.45, 7) is 2.80. The van der Waals surface area contributed by atoms with Crippen molar-refractivity contribution in [1.29, 1.82) is 0 Å². The number of nitrogens with zero attached hydrogens (tertiary/aromatic N) is 1. The van der Waals surface area contributed by atoms with Crippen LogP contribution in [0.5, 0.6) is 0 Å². The van der Waals surface area contributed by atoms with Crippen molar-refractivity contribution in [3.8, 4) is 0 Å². The average Bonchev–Trinajstić information content (AvgIpc) is 2.86. The molecule has 3 rings (SSSR count). The summed E-state index contributed by atoms with van der Waals surface area (Å²) >= 11 is 0. The fourth-order valence-electron chi connectivity index (χ4n) is 2.31. The largest absolute Gasteiger partial charge is 0.384 e. The maximum absolute atomic E-state index is 12.2. The molecule has 2 N–H and O–H groups in total. The van der Waals surface area contributed by atoms with Gasteiger partial charge in [0.05, 0.1) is 5.56 Å². The van der Waals surface area contributed by atoms with Gasteiger partial charge >= 0.3 is 0 Å². The molecule has 96 valence electrons. The number of carbonyl (C=O) groups is 1. The molecule has 4 nitrogen and oxygen atoms in total. The van der Waals surface area contributed by atoms with Gasteiger partial charge in [-0.3, -0.25) is 9.78 Å². The van der Waals surface area contributed by atoms with Crippen LogP contribution in [0.2, 0.25) is 0 Å². The van der Waals surface area contributed by atoms with E-state index in [-0.39, 0.29) is 5.91 Å². The van der Waals surface area contributed by atoms with Crippen LogP contribution in [0.4, 0.5) is 11.4 Å². The molecule has 2 heterocycles. The summed E-state index contributed by atoms with van der Waals surface area (Å²) < 4.78 is 0. The second-order valence-electron chi connectivity index (χ2n) is 4.64. The summed E-state index contributed by atoms with van der Waals surface area (Å²) in [7, 11) is 0. The van der Waals surface area contributed by atoms with E-state index in [2.05, 4.69) is 15.6 Å². The third-order valence-electron chi connectivity index (χ3n) is 3.32. The van der Waals surface area contributed by atoms with Crippen molar-refractivity contribution in [3.05, 3.63) is 53.3 Å². The Morgan fingerprint density at radius 3 is 3.11 bits per heavy atom.